The molecule has 0 bridgehead atoms. The van der Waals surface area contributed by atoms with E-state index < -0.39 is 0 Å². The molecule has 1 aliphatic carbocycles. The monoisotopic (exact) mass is 488 g/mol. The quantitative estimate of drug-likeness (QED) is 0.194. The highest BCUT2D eigenvalue weighted by Gasteiger charge is 2.28. The molecule has 0 aromatic heterocycles. The van der Waals surface area contributed by atoms with Gasteiger partial charge in [-0.05, 0) is 37.3 Å². The molecule has 0 radical (unpaired) electrons. The number of benzene rings is 1. The first-order valence-electron chi connectivity index (χ1n) is 9.69. The lowest BCUT2D eigenvalue weighted by Gasteiger charge is -2.13. The Morgan fingerprint density at radius 3 is 2.48 bits per heavy atom. The van der Waals surface area contributed by atoms with Gasteiger partial charge in [-0.3, -0.25) is 4.79 Å². The standard InChI is InChI=1S/C20H32N4O2.HI/c1-3-13-26-15-18-8-6-5-7-17(18)14-24-20(21-4-2)23-12-11-22-19(25)16-9-10-16;/h5-8,16H,3-4,9-15H2,1-2H3,(H,22,25)(H2,21,23,24);1H. The van der Waals surface area contributed by atoms with Gasteiger partial charge in [-0.1, -0.05) is 31.2 Å². The molecule has 2 rings (SSSR count). The van der Waals surface area contributed by atoms with Crippen LogP contribution in [0.3, 0.4) is 0 Å². The lowest BCUT2D eigenvalue weighted by molar-refractivity contribution is -0.122. The van der Waals surface area contributed by atoms with Gasteiger partial charge >= 0.3 is 0 Å². The molecular weight excluding hydrogens is 455 g/mol. The molecule has 0 atom stereocenters. The van der Waals surface area contributed by atoms with Crippen molar-refractivity contribution in [3.8, 4) is 0 Å². The summed E-state index contributed by atoms with van der Waals surface area (Å²) in [4.78, 5) is 16.3. The minimum absolute atomic E-state index is 0. The van der Waals surface area contributed by atoms with Crippen LogP contribution in [0.2, 0.25) is 0 Å². The van der Waals surface area contributed by atoms with E-state index in [1.165, 1.54) is 11.1 Å². The minimum atomic E-state index is 0. The fourth-order valence-corrected chi connectivity index (χ4v) is 2.54. The van der Waals surface area contributed by atoms with E-state index in [0.29, 0.717) is 26.2 Å². The average Bonchev–Trinajstić information content (AvgIpc) is 3.49. The first-order valence-corrected chi connectivity index (χ1v) is 9.69. The maximum absolute atomic E-state index is 11.6. The van der Waals surface area contributed by atoms with Gasteiger partial charge in [-0.15, -0.1) is 24.0 Å². The van der Waals surface area contributed by atoms with Crippen molar-refractivity contribution in [1.29, 1.82) is 0 Å². The summed E-state index contributed by atoms with van der Waals surface area (Å²) < 4.78 is 5.67. The first kappa shape index (κ1) is 23.7. The van der Waals surface area contributed by atoms with Crippen molar-refractivity contribution in [2.45, 2.75) is 46.3 Å². The third kappa shape index (κ3) is 9.41. The SMILES string of the molecule is CCCOCc1ccccc1CN=C(NCC)NCCNC(=O)C1CC1.I. The van der Waals surface area contributed by atoms with E-state index in [9.17, 15) is 4.79 Å². The second-order valence-corrected chi connectivity index (χ2v) is 6.51. The number of guanidine groups is 1. The highest BCUT2D eigenvalue weighted by molar-refractivity contribution is 14.0. The predicted octanol–water partition coefficient (Wildman–Crippen LogP) is 2.81. The summed E-state index contributed by atoms with van der Waals surface area (Å²) >= 11 is 0. The predicted molar refractivity (Wildman–Crippen MR) is 120 cm³/mol. The molecule has 1 aromatic rings. The molecule has 1 aromatic carbocycles. The van der Waals surface area contributed by atoms with E-state index in [-0.39, 0.29) is 35.8 Å². The van der Waals surface area contributed by atoms with Crippen molar-refractivity contribution in [2.24, 2.45) is 10.9 Å². The molecule has 1 amide bonds. The molecule has 1 aliphatic rings. The second kappa shape index (κ2) is 13.8. The molecule has 0 aliphatic heterocycles. The summed E-state index contributed by atoms with van der Waals surface area (Å²) in [6, 6.07) is 8.24. The van der Waals surface area contributed by atoms with Crippen molar-refractivity contribution in [3.05, 3.63) is 35.4 Å². The van der Waals surface area contributed by atoms with E-state index in [1.807, 2.05) is 19.1 Å². The second-order valence-electron chi connectivity index (χ2n) is 6.51. The van der Waals surface area contributed by atoms with Crippen LogP contribution in [0.25, 0.3) is 0 Å². The molecule has 0 saturated heterocycles. The molecule has 152 valence electrons. The van der Waals surface area contributed by atoms with Gasteiger partial charge in [0.2, 0.25) is 5.91 Å². The molecule has 0 heterocycles. The van der Waals surface area contributed by atoms with Crippen LogP contribution in [0, 0.1) is 5.92 Å². The molecule has 7 heteroatoms. The zero-order valence-corrected chi connectivity index (χ0v) is 18.8. The summed E-state index contributed by atoms with van der Waals surface area (Å²) in [5.74, 6) is 1.19. The largest absolute Gasteiger partial charge is 0.377 e. The van der Waals surface area contributed by atoms with Crippen LogP contribution < -0.4 is 16.0 Å². The highest BCUT2D eigenvalue weighted by Crippen LogP contribution is 2.28. The number of rotatable bonds is 11. The van der Waals surface area contributed by atoms with Crippen molar-refractivity contribution < 1.29 is 9.53 Å². The molecule has 0 spiro atoms. The zero-order valence-electron chi connectivity index (χ0n) is 16.4. The number of ether oxygens (including phenoxy) is 1. The van der Waals surface area contributed by atoms with Crippen LogP contribution in [0.5, 0.6) is 0 Å². The fraction of sp³-hybridized carbons (Fsp3) is 0.600. The van der Waals surface area contributed by atoms with E-state index >= 15 is 0 Å². The van der Waals surface area contributed by atoms with Gasteiger partial charge in [-0.25, -0.2) is 4.99 Å². The maximum atomic E-state index is 11.6. The van der Waals surface area contributed by atoms with Crippen molar-refractivity contribution >= 4 is 35.8 Å². The van der Waals surface area contributed by atoms with Crippen LogP contribution in [0.15, 0.2) is 29.3 Å². The van der Waals surface area contributed by atoms with Gasteiger partial charge in [-0.2, -0.15) is 0 Å². The smallest absolute Gasteiger partial charge is 0.223 e. The van der Waals surface area contributed by atoms with Crippen LogP contribution in [0.4, 0.5) is 0 Å². The van der Waals surface area contributed by atoms with E-state index in [4.69, 9.17) is 4.74 Å². The summed E-state index contributed by atoms with van der Waals surface area (Å²) in [5.41, 5.74) is 2.35. The maximum Gasteiger partial charge on any atom is 0.223 e. The van der Waals surface area contributed by atoms with Gasteiger partial charge < -0.3 is 20.7 Å². The number of hydrogen-bond donors (Lipinski definition) is 3. The van der Waals surface area contributed by atoms with E-state index in [0.717, 1.165) is 38.4 Å². The van der Waals surface area contributed by atoms with Crippen molar-refractivity contribution in [3.63, 3.8) is 0 Å². The van der Waals surface area contributed by atoms with Gasteiger partial charge in [0.25, 0.3) is 0 Å². The third-order valence-electron chi connectivity index (χ3n) is 4.14. The number of hydrogen-bond acceptors (Lipinski definition) is 3. The Labute approximate surface area is 179 Å². The Hall–Kier alpha value is -1.35. The molecule has 1 saturated carbocycles. The zero-order chi connectivity index (χ0) is 18.6. The Morgan fingerprint density at radius 2 is 1.81 bits per heavy atom. The number of halogens is 1. The molecular formula is C20H33IN4O2. The number of nitrogens with zero attached hydrogens (tertiary/aromatic N) is 1. The molecule has 3 N–H and O–H groups in total. The van der Waals surface area contributed by atoms with E-state index in [2.05, 4.69) is 40.0 Å². The summed E-state index contributed by atoms with van der Waals surface area (Å²) in [6.45, 7) is 8.20. The van der Waals surface area contributed by atoms with Crippen LogP contribution in [-0.2, 0) is 22.7 Å². The summed E-state index contributed by atoms with van der Waals surface area (Å²) in [5, 5.41) is 9.47. The summed E-state index contributed by atoms with van der Waals surface area (Å²) in [7, 11) is 0. The molecule has 6 nitrogen and oxygen atoms in total. The lowest BCUT2D eigenvalue weighted by Crippen LogP contribution is -2.41. The lowest BCUT2D eigenvalue weighted by atomic mass is 10.1. The van der Waals surface area contributed by atoms with Crippen LogP contribution in [-0.4, -0.2) is 38.1 Å². The van der Waals surface area contributed by atoms with Gasteiger partial charge in [0.1, 0.15) is 0 Å². The summed E-state index contributed by atoms with van der Waals surface area (Å²) in [6.07, 6.45) is 3.08. The Balaban J connectivity index is 0.00000364. The molecule has 1 fully saturated rings. The average molecular weight is 488 g/mol. The van der Waals surface area contributed by atoms with Crippen molar-refractivity contribution in [1.82, 2.24) is 16.0 Å². The Kier molecular flexibility index (Phi) is 12.1. The number of nitrogens with one attached hydrogen (secondary N) is 3. The van der Waals surface area contributed by atoms with Crippen molar-refractivity contribution in [2.75, 3.05) is 26.2 Å². The third-order valence-corrected chi connectivity index (χ3v) is 4.14. The Morgan fingerprint density at radius 1 is 1.11 bits per heavy atom. The molecule has 0 unspecified atom stereocenters. The number of amides is 1. The highest BCUT2D eigenvalue weighted by atomic mass is 127. The van der Waals surface area contributed by atoms with E-state index in [1.54, 1.807) is 0 Å². The topological polar surface area (TPSA) is 74.8 Å². The molecule has 27 heavy (non-hydrogen) atoms. The fourth-order valence-electron chi connectivity index (χ4n) is 2.54. The van der Waals surface area contributed by atoms with Crippen LogP contribution in [0.1, 0.15) is 44.2 Å². The van der Waals surface area contributed by atoms with Gasteiger partial charge in [0.05, 0.1) is 13.2 Å². The number of carbonyl (C=O) groups is 1. The first-order chi connectivity index (χ1) is 12.7. The van der Waals surface area contributed by atoms with Gasteiger partial charge in [0.15, 0.2) is 5.96 Å². The normalized spacial score (nSPS) is 13.6. The van der Waals surface area contributed by atoms with Gasteiger partial charge in [0, 0.05) is 32.2 Å². The minimum Gasteiger partial charge on any atom is -0.377 e. The Bertz CT molecular complexity index is 591. The van der Waals surface area contributed by atoms with Crippen LogP contribution >= 0.6 is 24.0 Å². The number of aliphatic imine (C=N–C) groups is 1. The number of carbonyl (C=O) groups excluding carboxylic acids is 1.